The molecule has 3 unspecified atom stereocenters. The maximum Gasteiger partial charge on any atom is 0.0553 e. The number of piperidine rings is 1. The van der Waals surface area contributed by atoms with Crippen molar-refractivity contribution in [3.63, 3.8) is 0 Å². The van der Waals surface area contributed by atoms with Crippen LogP contribution >= 0.6 is 0 Å². The molecule has 0 radical (unpaired) electrons. The van der Waals surface area contributed by atoms with Crippen LogP contribution in [0, 0.1) is 5.92 Å². The lowest BCUT2D eigenvalue weighted by Gasteiger charge is -2.42. The van der Waals surface area contributed by atoms with Crippen LogP contribution in [0.5, 0.6) is 0 Å². The average Bonchev–Trinajstić information content (AvgIpc) is 2.81. The van der Waals surface area contributed by atoms with Crippen LogP contribution in [0.2, 0.25) is 0 Å². The monoisotopic (exact) mass is 226 g/mol. The van der Waals surface area contributed by atoms with Gasteiger partial charge >= 0.3 is 0 Å². The molecule has 0 spiro atoms. The number of aliphatic hydroxyl groups is 1. The molecule has 1 aliphatic heterocycles. The maximum absolute atomic E-state index is 9.80. The minimum Gasteiger partial charge on any atom is -0.393 e. The van der Waals surface area contributed by atoms with E-state index in [9.17, 15) is 5.11 Å². The van der Waals surface area contributed by atoms with Gasteiger partial charge in [0.2, 0.25) is 0 Å². The van der Waals surface area contributed by atoms with E-state index in [1.165, 1.54) is 32.2 Å². The third-order valence-electron chi connectivity index (χ3n) is 4.44. The summed E-state index contributed by atoms with van der Waals surface area (Å²) >= 11 is 0. The Balaban J connectivity index is 1.96. The third-order valence-corrected chi connectivity index (χ3v) is 4.44. The molecule has 1 aliphatic carbocycles. The highest BCUT2D eigenvalue weighted by molar-refractivity contribution is 4.89. The molecule has 3 heteroatoms. The molecule has 1 saturated heterocycles. The molecule has 16 heavy (non-hydrogen) atoms. The minimum absolute atomic E-state index is 0.167. The van der Waals surface area contributed by atoms with E-state index in [4.69, 9.17) is 0 Å². The Bertz CT molecular complexity index is 214. The summed E-state index contributed by atoms with van der Waals surface area (Å²) < 4.78 is 0. The summed E-state index contributed by atoms with van der Waals surface area (Å²) in [6, 6.07) is 1.35. The molecule has 0 aromatic rings. The van der Waals surface area contributed by atoms with Crippen molar-refractivity contribution < 1.29 is 5.11 Å². The van der Waals surface area contributed by atoms with Gasteiger partial charge in [0.25, 0.3) is 0 Å². The van der Waals surface area contributed by atoms with E-state index in [-0.39, 0.29) is 6.10 Å². The van der Waals surface area contributed by atoms with Gasteiger partial charge in [0, 0.05) is 25.2 Å². The number of nitrogens with zero attached hydrogens (tertiary/aromatic N) is 1. The zero-order valence-electron chi connectivity index (χ0n) is 10.7. The summed E-state index contributed by atoms with van der Waals surface area (Å²) in [5.74, 6) is 0.451. The second kappa shape index (κ2) is 5.48. The normalized spacial score (nSPS) is 35.4. The lowest BCUT2D eigenvalue weighted by atomic mass is 9.89. The van der Waals surface area contributed by atoms with E-state index in [1.54, 1.807) is 0 Å². The van der Waals surface area contributed by atoms with Gasteiger partial charge in [0.1, 0.15) is 0 Å². The maximum atomic E-state index is 9.80. The predicted octanol–water partition coefficient (Wildman–Crippen LogP) is 1.22. The van der Waals surface area contributed by atoms with Gasteiger partial charge in [-0.3, -0.25) is 4.90 Å². The summed E-state index contributed by atoms with van der Waals surface area (Å²) in [7, 11) is 2.04. The van der Waals surface area contributed by atoms with Gasteiger partial charge in [-0.05, 0) is 39.2 Å². The second-order valence-electron chi connectivity index (χ2n) is 5.61. The van der Waals surface area contributed by atoms with Crippen LogP contribution in [0.4, 0.5) is 0 Å². The van der Waals surface area contributed by atoms with Gasteiger partial charge < -0.3 is 10.4 Å². The van der Waals surface area contributed by atoms with E-state index in [0.717, 1.165) is 19.0 Å². The lowest BCUT2D eigenvalue weighted by Crippen LogP contribution is -2.53. The standard InChI is InChI=1S/C13H26N2O/c1-10(16)11-7-12(14-2)9-15(8-11)13-5-3-4-6-13/h10-14,16H,3-9H2,1-2H3. The average molecular weight is 226 g/mol. The van der Waals surface area contributed by atoms with E-state index in [1.807, 2.05) is 14.0 Å². The fraction of sp³-hybridized carbons (Fsp3) is 1.00. The Kier molecular flexibility index (Phi) is 4.22. The van der Waals surface area contributed by atoms with E-state index in [0.29, 0.717) is 12.0 Å². The van der Waals surface area contributed by atoms with Gasteiger partial charge in [0.05, 0.1) is 6.10 Å². The molecule has 0 aromatic carbocycles. The first kappa shape index (κ1) is 12.3. The smallest absolute Gasteiger partial charge is 0.0553 e. The van der Waals surface area contributed by atoms with Crippen LogP contribution in [-0.4, -0.2) is 48.3 Å². The SMILES string of the molecule is CNC1CC(C(C)O)CN(C2CCCC2)C1. The number of aliphatic hydroxyl groups excluding tert-OH is 1. The Hall–Kier alpha value is -0.120. The first-order valence-corrected chi connectivity index (χ1v) is 6.80. The lowest BCUT2D eigenvalue weighted by molar-refractivity contribution is 0.0315. The molecule has 2 aliphatic rings. The molecule has 94 valence electrons. The van der Waals surface area contributed by atoms with Crippen LogP contribution in [0.3, 0.4) is 0 Å². The van der Waals surface area contributed by atoms with Gasteiger partial charge in [0.15, 0.2) is 0 Å². The Labute approximate surface area is 99.2 Å². The number of likely N-dealkylation sites (tertiary alicyclic amines) is 1. The second-order valence-corrected chi connectivity index (χ2v) is 5.61. The van der Waals surface area contributed by atoms with Crippen molar-refractivity contribution in [1.82, 2.24) is 10.2 Å². The van der Waals surface area contributed by atoms with Gasteiger partial charge in [-0.25, -0.2) is 0 Å². The highest BCUT2D eigenvalue weighted by atomic mass is 16.3. The predicted molar refractivity (Wildman–Crippen MR) is 66.5 cm³/mol. The van der Waals surface area contributed by atoms with E-state index < -0.39 is 0 Å². The molecular weight excluding hydrogens is 200 g/mol. The van der Waals surface area contributed by atoms with Crippen molar-refractivity contribution in [3.8, 4) is 0 Å². The highest BCUT2D eigenvalue weighted by Crippen LogP contribution is 2.29. The molecule has 3 nitrogen and oxygen atoms in total. The van der Waals surface area contributed by atoms with Crippen molar-refractivity contribution in [1.29, 1.82) is 0 Å². The molecule has 0 amide bonds. The first-order valence-electron chi connectivity index (χ1n) is 6.80. The summed E-state index contributed by atoms with van der Waals surface area (Å²) in [6.07, 6.45) is 6.47. The summed E-state index contributed by atoms with van der Waals surface area (Å²) in [5.41, 5.74) is 0. The number of likely N-dealkylation sites (N-methyl/N-ethyl adjacent to an activating group) is 1. The molecule has 2 fully saturated rings. The summed E-state index contributed by atoms with van der Waals surface area (Å²) in [4.78, 5) is 2.62. The van der Waals surface area contributed by atoms with E-state index in [2.05, 4.69) is 10.2 Å². The van der Waals surface area contributed by atoms with Crippen LogP contribution in [-0.2, 0) is 0 Å². The van der Waals surface area contributed by atoms with Crippen molar-refractivity contribution in [2.75, 3.05) is 20.1 Å². The fourth-order valence-corrected chi connectivity index (χ4v) is 3.30. The van der Waals surface area contributed by atoms with Crippen LogP contribution in [0.25, 0.3) is 0 Å². The Morgan fingerprint density at radius 3 is 2.50 bits per heavy atom. The molecule has 1 saturated carbocycles. The van der Waals surface area contributed by atoms with Crippen LogP contribution in [0.1, 0.15) is 39.0 Å². The number of hydrogen-bond donors (Lipinski definition) is 2. The number of nitrogens with one attached hydrogen (secondary N) is 1. The van der Waals surface area contributed by atoms with Crippen molar-refractivity contribution >= 4 is 0 Å². The van der Waals surface area contributed by atoms with Gasteiger partial charge in [-0.15, -0.1) is 0 Å². The Morgan fingerprint density at radius 2 is 1.94 bits per heavy atom. The summed E-state index contributed by atoms with van der Waals surface area (Å²) in [6.45, 7) is 4.21. The zero-order chi connectivity index (χ0) is 11.5. The molecule has 3 atom stereocenters. The molecule has 0 bridgehead atoms. The first-order chi connectivity index (χ1) is 7.70. The van der Waals surface area contributed by atoms with Crippen molar-refractivity contribution in [2.24, 2.45) is 5.92 Å². The van der Waals surface area contributed by atoms with Crippen LogP contribution in [0.15, 0.2) is 0 Å². The molecule has 1 heterocycles. The fourth-order valence-electron chi connectivity index (χ4n) is 3.30. The summed E-state index contributed by atoms with van der Waals surface area (Å²) in [5, 5.41) is 13.2. The van der Waals surface area contributed by atoms with Crippen LogP contribution < -0.4 is 5.32 Å². The van der Waals surface area contributed by atoms with E-state index >= 15 is 0 Å². The van der Waals surface area contributed by atoms with Crippen molar-refractivity contribution in [3.05, 3.63) is 0 Å². The molecule has 0 aromatic heterocycles. The van der Waals surface area contributed by atoms with Gasteiger partial charge in [-0.1, -0.05) is 12.8 Å². The molecular formula is C13H26N2O. The number of hydrogen-bond acceptors (Lipinski definition) is 3. The largest absolute Gasteiger partial charge is 0.393 e. The Morgan fingerprint density at radius 1 is 1.25 bits per heavy atom. The third kappa shape index (κ3) is 2.76. The zero-order valence-corrected chi connectivity index (χ0v) is 10.7. The van der Waals surface area contributed by atoms with Gasteiger partial charge in [-0.2, -0.15) is 0 Å². The molecule has 2 N–H and O–H groups in total. The van der Waals surface area contributed by atoms with Crippen molar-refractivity contribution in [2.45, 2.75) is 57.2 Å². The minimum atomic E-state index is -0.167. The highest BCUT2D eigenvalue weighted by Gasteiger charge is 2.33. The molecule has 2 rings (SSSR count). The quantitative estimate of drug-likeness (QED) is 0.759. The topological polar surface area (TPSA) is 35.5 Å². The number of rotatable bonds is 3.